The molecule has 36 heavy (non-hydrogen) atoms. The molecule has 0 radical (unpaired) electrons. The minimum atomic E-state index is 0.0363. The summed E-state index contributed by atoms with van der Waals surface area (Å²) >= 11 is 0. The zero-order chi connectivity index (χ0) is 26.3. The van der Waals surface area contributed by atoms with Crippen molar-refractivity contribution in [2.45, 2.75) is 90.9 Å². The molecule has 0 spiro atoms. The summed E-state index contributed by atoms with van der Waals surface area (Å²) in [6, 6.07) is 18.8. The van der Waals surface area contributed by atoms with E-state index in [2.05, 4.69) is 90.1 Å². The highest BCUT2D eigenvalue weighted by molar-refractivity contribution is 5.98. The van der Waals surface area contributed by atoms with E-state index < -0.39 is 0 Å². The smallest absolute Gasteiger partial charge is 0.0556 e. The topological polar surface area (TPSA) is 18.5 Å². The first-order valence-electron chi connectivity index (χ1n) is 14.1. The Morgan fingerprint density at radius 3 is 1.31 bits per heavy atom. The van der Waals surface area contributed by atoms with Crippen molar-refractivity contribution >= 4 is 21.5 Å². The molecule has 0 saturated carbocycles. The lowest BCUT2D eigenvalue weighted by Crippen LogP contribution is -2.28. The molecular formula is C34H50O2. The van der Waals surface area contributed by atoms with Gasteiger partial charge in [0.2, 0.25) is 0 Å². The van der Waals surface area contributed by atoms with Gasteiger partial charge in [0.1, 0.15) is 0 Å². The van der Waals surface area contributed by atoms with Gasteiger partial charge in [0, 0.05) is 25.0 Å². The first-order valence-corrected chi connectivity index (χ1v) is 14.1. The Balaban J connectivity index is 1.94. The van der Waals surface area contributed by atoms with Crippen molar-refractivity contribution in [3.63, 3.8) is 0 Å². The fraction of sp³-hybridized carbons (Fsp3) is 0.588. The lowest BCUT2D eigenvalue weighted by molar-refractivity contribution is 0.130. The van der Waals surface area contributed by atoms with Crippen LogP contribution in [0.1, 0.15) is 91.2 Å². The molecule has 0 heterocycles. The fourth-order valence-corrected chi connectivity index (χ4v) is 5.79. The van der Waals surface area contributed by atoms with Crippen LogP contribution in [0, 0.1) is 11.8 Å². The van der Waals surface area contributed by atoms with E-state index in [1.54, 1.807) is 0 Å². The van der Waals surface area contributed by atoms with Gasteiger partial charge in [0.05, 0.1) is 13.2 Å². The molecule has 0 aliphatic rings. The summed E-state index contributed by atoms with van der Waals surface area (Å²) < 4.78 is 11.4. The van der Waals surface area contributed by atoms with Crippen LogP contribution in [-0.4, -0.2) is 27.4 Å². The summed E-state index contributed by atoms with van der Waals surface area (Å²) in [4.78, 5) is 0. The van der Waals surface area contributed by atoms with Gasteiger partial charge in [-0.25, -0.2) is 0 Å². The van der Waals surface area contributed by atoms with Gasteiger partial charge < -0.3 is 9.47 Å². The third-order valence-electron chi connectivity index (χ3n) is 8.14. The average molecular weight is 491 g/mol. The maximum Gasteiger partial charge on any atom is 0.0556 e. The number of benzene rings is 3. The van der Waals surface area contributed by atoms with Crippen molar-refractivity contribution in [3.05, 3.63) is 59.7 Å². The molecule has 0 fully saturated rings. The van der Waals surface area contributed by atoms with Crippen LogP contribution in [0.15, 0.2) is 48.5 Å². The van der Waals surface area contributed by atoms with E-state index in [1.165, 1.54) is 58.4 Å². The summed E-state index contributed by atoms with van der Waals surface area (Å²) in [5.74, 6) is 1.48. The Hall–Kier alpha value is -1.90. The molecule has 3 aromatic carbocycles. The van der Waals surface area contributed by atoms with E-state index >= 15 is 0 Å². The number of methoxy groups -OCH3 is 2. The Morgan fingerprint density at radius 1 is 0.583 bits per heavy atom. The van der Waals surface area contributed by atoms with E-state index in [9.17, 15) is 0 Å². The second kappa shape index (κ2) is 12.6. The van der Waals surface area contributed by atoms with E-state index in [0.717, 1.165) is 37.9 Å². The van der Waals surface area contributed by atoms with Crippen LogP contribution in [0.4, 0.5) is 0 Å². The Kier molecular flexibility index (Phi) is 10.0. The largest absolute Gasteiger partial charge is 0.384 e. The van der Waals surface area contributed by atoms with Crippen LogP contribution in [0.3, 0.4) is 0 Å². The zero-order valence-corrected chi connectivity index (χ0v) is 24.2. The first kappa shape index (κ1) is 28.7. The van der Waals surface area contributed by atoms with E-state index in [0.29, 0.717) is 0 Å². The Labute approximate surface area is 220 Å². The summed E-state index contributed by atoms with van der Waals surface area (Å²) in [7, 11) is 3.65. The molecule has 0 aliphatic carbocycles. The van der Waals surface area contributed by atoms with Crippen molar-refractivity contribution in [1.82, 2.24) is 0 Å². The molecule has 3 aromatic rings. The van der Waals surface area contributed by atoms with Crippen molar-refractivity contribution < 1.29 is 9.47 Å². The fourth-order valence-electron chi connectivity index (χ4n) is 5.79. The number of rotatable bonds is 14. The van der Waals surface area contributed by atoms with Gasteiger partial charge in [0.15, 0.2) is 0 Å². The van der Waals surface area contributed by atoms with Gasteiger partial charge in [0.25, 0.3) is 0 Å². The van der Waals surface area contributed by atoms with Crippen molar-refractivity contribution in [3.8, 4) is 0 Å². The molecule has 0 saturated heterocycles. The molecule has 0 bridgehead atoms. The van der Waals surface area contributed by atoms with Crippen LogP contribution >= 0.6 is 0 Å². The predicted octanol–water partition coefficient (Wildman–Crippen LogP) is 9.45. The highest BCUT2D eigenvalue weighted by atomic mass is 16.5. The second-order valence-corrected chi connectivity index (χ2v) is 12.5. The third kappa shape index (κ3) is 7.11. The molecular weight excluding hydrogens is 440 g/mol. The second-order valence-electron chi connectivity index (χ2n) is 12.5. The van der Waals surface area contributed by atoms with Gasteiger partial charge in [-0.05, 0) is 69.5 Å². The molecule has 2 unspecified atom stereocenters. The Morgan fingerprint density at radius 2 is 0.972 bits per heavy atom. The van der Waals surface area contributed by atoms with Gasteiger partial charge in [-0.2, -0.15) is 0 Å². The Bertz CT molecular complexity index is 1030. The average Bonchev–Trinajstić information content (AvgIpc) is 2.82. The number of ether oxygens (including phenoxy) is 2. The maximum atomic E-state index is 5.70. The first-order chi connectivity index (χ1) is 17.1. The highest BCUT2D eigenvalue weighted by Crippen LogP contribution is 2.36. The minimum absolute atomic E-state index is 0.0363. The monoisotopic (exact) mass is 490 g/mol. The molecule has 198 valence electrons. The molecule has 2 nitrogen and oxygen atoms in total. The number of hydrogen-bond acceptors (Lipinski definition) is 2. The molecule has 2 heteroatoms. The van der Waals surface area contributed by atoms with Gasteiger partial charge in [-0.3, -0.25) is 0 Å². The minimum Gasteiger partial charge on any atom is -0.384 e. The molecule has 0 N–H and O–H groups in total. The van der Waals surface area contributed by atoms with Gasteiger partial charge in [-0.1, -0.05) is 104 Å². The lowest BCUT2D eigenvalue weighted by Gasteiger charge is -2.31. The molecule has 0 amide bonds. The highest BCUT2D eigenvalue weighted by Gasteiger charge is 2.28. The summed E-state index contributed by atoms with van der Waals surface area (Å²) in [5, 5.41) is 5.24. The van der Waals surface area contributed by atoms with Crippen LogP contribution in [0.25, 0.3) is 21.5 Å². The summed E-state index contributed by atoms with van der Waals surface area (Å²) in [6.45, 7) is 15.5. The summed E-state index contributed by atoms with van der Waals surface area (Å²) in [5.41, 5.74) is 2.84. The van der Waals surface area contributed by atoms with Crippen LogP contribution in [-0.2, 0) is 20.3 Å². The van der Waals surface area contributed by atoms with Crippen molar-refractivity contribution in [1.29, 1.82) is 0 Å². The van der Waals surface area contributed by atoms with Crippen LogP contribution in [0.5, 0.6) is 0 Å². The standard InChI is InChI=1S/C34H50O2/c1-25(2)11-9-17-33(5,23-35-7)31-15-13-27-20-30-22-32(16-14-28(30)19-29(27)21-31)34(6,24-36-8)18-10-12-26(3)4/h13-16,19-22,25-26H,9-12,17-18,23-24H2,1-8H3. The SMILES string of the molecule is COCC(C)(CCCC(C)C)c1ccc2cc3cc(C(C)(CCCC(C)C)COC)ccc3cc2c1. The van der Waals surface area contributed by atoms with E-state index in [4.69, 9.17) is 9.47 Å². The van der Waals surface area contributed by atoms with E-state index in [1.807, 2.05) is 14.2 Å². The van der Waals surface area contributed by atoms with Crippen LogP contribution < -0.4 is 0 Å². The number of hydrogen-bond donors (Lipinski definition) is 0. The molecule has 2 atom stereocenters. The van der Waals surface area contributed by atoms with E-state index in [-0.39, 0.29) is 10.8 Å². The zero-order valence-electron chi connectivity index (χ0n) is 24.2. The van der Waals surface area contributed by atoms with Crippen molar-refractivity contribution in [2.75, 3.05) is 27.4 Å². The quantitative estimate of drug-likeness (QED) is 0.209. The molecule has 0 aliphatic heterocycles. The summed E-state index contributed by atoms with van der Waals surface area (Å²) in [6.07, 6.45) is 7.28. The van der Waals surface area contributed by atoms with Gasteiger partial charge >= 0.3 is 0 Å². The number of fused-ring (bicyclic) bond motifs is 2. The molecule has 0 aromatic heterocycles. The lowest BCUT2D eigenvalue weighted by atomic mass is 9.77. The van der Waals surface area contributed by atoms with Crippen LogP contribution in [0.2, 0.25) is 0 Å². The van der Waals surface area contributed by atoms with Crippen molar-refractivity contribution in [2.24, 2.45) is 11.8 Å². The third-order valence-corrected chi connectivity index (χ3v) is 8.14. The van der Waals surface area contributed by atoms with Gasteiger partial charge in [-0.15, -0.1) is 0 Å². The predicted molar refractivity (Wildman–Crippen MR) is 157 cm³/mol. The molecule has 3 rings (SSSR count). The maximum absolute atomic E-state index is 5.70. The normalized spacial score (nSPS) is 15.6.